The van der Waals surface area contributed by atoms with Crippen LogP contribution in [0.1, 0.15) is 43.7 Å². The standard InChI is InChI=1S/C18H25FN2O2/c19-14-8-6-12(7-9-14)17(16-5-2-10-23-16)21-18(22)15-4-1-3-13(15)11-20/h6-9,13,15-17H,1-5,10-11,20H2,(H,21,22)/t13-,15-,16?,17?/m1/s1. The molecular weight excluding hydrogens is 295 g/mol. The maximum atomic E-state index is 13.2. The van der Waals surface area contributed by atoms with Crippen molar-refractivity contribution >= 4 is 5.91 Å². The summed E-state index contributed by atoms with van der Waals surface area (Å²) in [5, 5.41) is 3.16. The molecular formula is C18H25FN2O2. The van der Waals surface area contributed by atoms with Gasteiger partial charge in [-0.1, -0.05) is 18.6 Å². The van der Waals surface area contributed by atoms with Crippen molar-refractivity contribution < 1.29 is 13.9 Å². The smallest absolute Gasteiger partial charge is 0.224 e. The van der Waals surface area contributed by atoms with E-state index in [9.17, 15) is 9.18 Å². The lowest BCUT2D eigenvalue weighted by molar-refractivity contribution is -0.127. The molecule has 2 fully saturated rings. The lowest BCUT2D eigenvalue weighted by Gasteiger charge is -2.27. The number of nitrogens with one attached hydrogen (secondary N) is 1. The molecule has 0 spiro atoms. The van der Waals surface area contributed by atoms with E-state index in [0.29, 0.717) is 13.2 Å². The monoisotopic (exact) mass is 320 g/mol. The predicted octanol–water partition coefficient (Wildman–Crippen LogP) is 2.54. The Labute approximate surface area is 136 Å². The van der Waals surface area contributed by atoms with Crippen molar-refractivity contribution in [3.8, 4) is 0 Å². The molecule has 1 saturated heterocycles. The highest BCUT2D eigenvalue weighted by atomic mass is 19.1. The molecule has 1 aliphatic carbocycles. The van der Waals surface area contributed by atoms with Crippen molar-refractivity contribution in [2.75, 3.05) is 13.2 Å². The number of rotatable bonds is 5. The van der Waals surface area contributed by atoms with E-state index in [2.05, 4.69) is 5.32 Å². The SMILES string of the molecule is NC[C@H]1CCC[C@H]1C(=O)NC(c1ccc(F)cc1)C1CCCO1. The summed E-state index contributed by atoms with van der Waals surface area (Å²) in [4.78, 5) is 12.7. The summed E-state index contributed by atoms with van der Waals surface area (Å²) >= 11 is 0. The third-order valence-electron chi connectivity index (χ3n) is 5.16. The number of benzene rings is 1. The van der Waals surface area contributed by atoms with Crippen LogP contribution >= 0.6 is 0 Å². The molecule has 0 bridgehead atoms. The van der Waals surface area contributed by atoms with Crippen molar-refractivity contribution in [2.45, 2.75) is 44.2 Å². The molecule has 1 heterocycles. The van der Waals surface area contributed by atoms with Gasteiger partial charge in [0, 0.05) is 12.5 Å². The average Bonchev–Trinajstić information content (AvgIpc) is 3.24. The Kier molecular flexibility index (Phi) is 5.28. The number of carbonyl (C=O) groups is 1. The number of carbonyl (C=O) groups excluding carboxylic acids is 1. The van der Waals surface area contributed by atoms with Gasteiger partial charge in [0.15, 0.2) is 0 Å². The van der Waals surface area contributed by atoms with E-state index in [1.54, 1.807) is 12.1 Å². The van der Waals surface area contributed by atoms with Crippen LogP contribution in [-0.2, 0) is 9.53 Å². The Hall–Kier alpha value is -1.46. The molecule has 4 nitrogen and oxygen atoms in total. The summed E-state index contributed by atoms with van der Waals surface area (Å²) in [6.07, 6.45) is 4.84. The number of hydrogen-bond acceptors (Lipinski definition) is 3. The van der Waals surface area contributed by atoms with Crippen LogP contribution in [0, 0.1) is 17.7 Å². The second-order valence-electron chi connectivity index (χ2n) is 6.62. The molecule has 5 heteroatoms. The average molecular weight is 320 g/mol. The third kappa shape index (κ3) is 3.72. The van der Waals surface area contributed by atoms with Gasteiger partial charge in [-0.15, -0.1) is 0 Å². The van der Waals surface area contributed by atoms with Gasteiger partial charge in [0.05, 0.1) is 12.1 Å². The highest BCUT2D eigenvalue weighted by molar-refractivity contribution is 5.79. The zero-order valence-electron chi connectivity index (χ0n) is 13.3. The van der Waals surface area contributed by atoms with E-state index in [0.717, 1.165) is 37.7 Å². The molecule has 3 N–H and O–H groups in total. The van der Waals surface area contributed by atoms with Crippen molar-refractivity contribution in [1.82, 2.24) is 5.32 Å². The summed E-state index contributed by atoms with van der Waals surface area (Å²) in [5.41, 5.74) is 6.69. The van der Waals surface area contributed by atoms with Gasteiger partial charge in [0.1, 0.15) is 5.82 Å². The maximum absolute atomic E-state index is 13.2. The zero-order valence-corrected chi connectivity index (χ0v) is 13.3. The molecule has 1 aromatic rings. The molecule has 2 aliphatic rings. The van der Waals surface area contributed by atoms with Gasteiger partial charge in [-0.25, -0.2) is 4.39 Å². The quantitative estimate of drug-likeness (QED) is 0.876. The van der Waals surface area contributed by atoms with Crippen LogP contribution in [0.5, 0.6) is 0 Å². The molecule has 3 rings (SSSR count). The second-order valence-corrected chi connectivity index (χ2v) is 6.62. The lowest BCUT2D eigenvalue weighted by atomic mass is 9.93. The van der Waals surface area contributed by atoms with Crippen LogP contribution in [-0.4, -0.2) is 25.2 Å². The fourth-order valence-corrected chi connectivity index (χ4v) is 3.85. The Balaban J connectivity index is 1.75. The molecule has 4 atom stereocenters. The van der Waals surface area contributed by atoms with Gasteiger partial charge >= 0.3 is 0 Å². The maximum Gasteiger partial charge on any atom is 0.224 e. The molecule has 0 aromatic heterocycles. The van der Waals surface area contributed by atoms with E-state index in [1.807, 2.05) is 0 Å². The van der Waals surface area contributed by atoms with E-state index in [-0.39, 0.29) is 35.7 Å². The minimum absolute atomic E-state index is 0.00986. The van der Waals surface area contributed by atoms with E-state index in [4.69, 9.17) is 10.5 Å². The first-order chi connectivity index (χ1) is 11.2. The molecule has 1 amide bonds. The van der Waals surface area contributed by atoms with Crippen molar-refractivity contribution in [2.24, 2.45) is 17.6 Å². The minimum atomic E-state index is -0.273. The summed E-state index contributed by atoms with van der Waals surface area (Å²) in [6, 6.07) is 6.11. The van der Waals surface area contributed by atoms with E-state index < -0.39 is 0 Å². The molecule has 0 radical (unpaired) electrons. The summed E-state index contributed by atoms with van der Waals surface area (Å²) in [7, 11) is 0. The molecule has 1 aromatic carbocycles. The Morgan fingerprint density at radius 2 is 2.04 bits per heavy atom. The fraction of sp³-hybridized carbons (Fsp3) is 0.611. The van der Waals surface area contributed by atoms with Gasteiger partial charge in [-0.2, -0.15) is 0 Å². The first-order valence-electron chi connectivity index (χ1n) is 8.56. The molecule has 23 heavy (non-hydrogen) atoms. The van der Waals surface area contributed by atoms with Crippen LogP contribution in [0.2, 0.25) is 0 Å². The van der Waals surface area contributed by atoms with Crippen LogP contribution in [0.25, 0.3) is 0 Å². The highest BCUT2D eigenvalue weighted by Gasteiger charge is 2.35. The zero-order chi connectivity index (χ0) is 16.2. The van der Waals surface area contributed by atoms with Crippen LogP contribution < -0.4 is 11.1 Å². The number of halogens is 1. The summed E-state index contributed by atoms with van der Waals surface area (Å²) in [6.45, 7) is 1.27. The molecule has 2 unspecified atom stereocenters. The first kappa shape index (κ1) is 16.4. The van der Waals surface area contributed by atoms with Gasteiger partial charge < -0.3 is 15.8 Å². The Bertz CT molecular complexity index is 528. The van der Waals surface area contributed by atoms with E-state index in [1.165, 1.54) is 12.1 Å². The summed E-state index contributed by atoms with van der Waals surface area (Å²) in [5.74, 6) is 0.0469. The third-order valence-corrected chi connectivity index (χ3v) is 5.16. The Morgan fingerprint density at radius 3 is 2.70 bits per heavy atom. The first-order valence-corrected chi connectivity index (χ1v) is 8.56. The lowest BCUT2D eigenvalue weighted by Crippen LogP contribution is -2.41. The van der Waals surface area contributed by atoms with Crippen molar-refractivity contribution in [3.05, 3.63) is 35.6 Å². The second kappa shape index (κ2) is 7.41. The van der Waals surface area contributed by atoms with Gasteiger partial charge in [0.2, 0.25) is 5.91 Å². The number of hydrogen-bond donors (Lipinski definition) is 2. The number of amides is 1. The van der Waals surface area contributed by atoms with Crippen molar-refractivity contribution in [1.29, 1.82) is 0 Å². The molecule has 1 aliphatic heterocycles. The van der Waals surface area contributed by atoms with Crippen LogP contribution in [0.15, 0.2) is 24.3 Å². The topological polar surface area (TPSA) is 64.4 Å². The van der Waals surface area contributed by atoms with Crippen LogP contribution in [0.4, 0.5) is 4.39 Å². The predicted molar refractivity (Wildman–Crippen MR) is 86.1 cm³/mol. The highest BCUT2D eigenvalue weighted by Crippen LogP contribution is 2.33. The number of ether oxygens (including phenoxy) is 1. The number of nitrogens with two attached hydrogens (primary N) is 1. The van der Waals surface area contributed by atoms with Gasteiger partial charge in [0.25, 0.3) is 0 Å². The Morgan fingerprint density at radius 1 is 1.26 bits per heavy atom. The summed E-state index contributed by atoms with van der Waals surface area (Å²) < 4.78 is 19.0. The van der Waals surface area contributed by atoms with Gasteiger partial charge in [-0.3, -0.25) is 4.79 Å². The fourth-order valence-electron chi connectivity index (χ4n) is 3.85. The molecule has 126 valence electrons. The minimum Gasteiger partial charge on any atom is -0.376 e. The normalized spacial score (nSPS) is 28.7. The van der Waals surface area contributed by atoms with Crippen molar-refractivity contribution in [3.63, 3.8) is 0 Å². The largest absolute Gasteiger partial charge is 0.376 e. The molecule has 1 saturated carbocycles. The van der Waals surface area contributed by atoms with Crippen LogP contribution in [0.3, 0.4) is 0 Å². The van der Waals surface area contributed by atoms with E-state index >= 15 is 0 Å². The van der Waals surface area contributed by atoms with Gasteiger partial charge in [-0.05, 0) is 55.8 Å².